The molecule has 0 bridgehead atoms. The number of piperazine rings is 1. The lowest BCUT2D eigenvalue weighted by Crippen LogP contribution is -2.50. The van der Waals surface area contributed by atoms with Crippen molar-refractivity contribution < 1.29 is 9.59 Å². The SMILES string of the molecule is CC(=O)N1CCN(C(=O)c2ccc(Nc3nccc(-c4cnn(C(CC#N)C5CC5)c4)n3)cc2)CC1. The summed E-state index contributed by atoms with van der Waals surface area (Å²) in [4.78, 5) is 36.8. The maximum atomic E-state index is 12.8. The van der Waals surface area contributed by atoms with Crippen LogP contribution in [-0.4, -0.2) is 67.5 Å². The van der Waals surface area contributed by atoms with E-state index in [1.54, 1.807) is 41.2 Å². The fourth-order valence-electron chi connectivity index (χ4n) is 4.51. The van der Waals surface area contributed by atoms with Crippen molar-refractivity contribution in [1.29, 1.82) is 5.26 Å². The summed E-state index contributed by atoms with van der Waals surface area (Å²) < 4.78 is 1.89. The van der Waals surface area contributed by atoms with Crippen molar-refractivity contribution in [3.05, 3.63) is 54.5 Å². The summed E-state index contributed by atoms with van der Waals surface area (Å²) >= 11 is 0. The van der Waals surface area contributed by atoms with Crippen molar-refractivity contribution in [2.75, 3.05) is 31.5 Å². The highest BCUT2D eigenvalue weighted by Gasteiger charge is 2.33. The lowest BCUT2D eigenvalue weighted by molar-refractivity contribution is -0.130. The van der Waals surface area contributed by atoms with Crippen LogP contribution in [0.3, 0.4) is 0 Å². The van der Waals surface area contributed by atoms with Crippen molar-refractivity contribution in [1.82, 2.24) is 29.5 Å². The number of anilines is 2. The summed E-state index contributed by atoms with van der Waals surface area (Å²) in [7, 11) is 0. The molecule has 1 saturated carbocycles. The van der Waals surface area contributed by atoms with Crippen molar-refractivity contribution in [3.8, 4) is 17.3 Å². The molecule has 1 unspecified atom stereocenters. The van der Waals surface area contributed by atoms with Gasteiger partial charge in [-0.05, 0) is 49.1 Å². The first kappa shape index (κ1) is 23.5. The highest BCUT2D eigenvalue weighted by atomic mass is 16.2. The van der Waals surface area contributed by atoms with Crippen LogP contribution in [0, 0.1) is 17.2 Å². The Morgan fingerprint density at radius 3 is 2.50 bits per heavy atom. The minimum Gasteiger partial charge on any atom is -0.339 e. The number of rotatable bonds is 7. The number of benzene rings is 1. The average Bonchev–Trinajstić information content (AvgIpc) is 3.63. The summed E-state index contributed by atoms with van der Waals surface area (Å²) in [5.74, 6) is 0.968. The quantitative estimate of drug-likeness (QED) is 0.546. The normalized spacial score (nSPS) is 16.3. The van der Waals surface area contributed by atoms with E-state index in [1.807, 2.05) is 29.1 Å². The maximum Gasteiger partial charge on any atom is 0.253 e. The minimum absolute atomic E-state index is 0.0408. The predicted octanol–water partition coefficient (Wildman–Crippen LogP) is 3.25. The minimum atomic E-state index is -0.0408. The third-order valence-electron chi connectivity index (χ3n) is 6.76. The first-order chi connectivity index (χ1) is 17.5. The predicted molar refractivity (Wildman–Crippen MR) is 133 cm³/mol. The number of hydrogen-bond acceptors (Lipinski definition) is 7. The second-order valence-electron chi connectivity index (χ2n) is 9.24. The number of carbonyl (C=O) groups excluding carboxylic acids is 2. The van der Waals surface area contributed by atoms with Crippen LogP contribution in [0.5, 0.6) is 0 Å². The second-order valence-corrected chi connectivity index (χ2v) is 9.24. The van der Waals surface area contributed by atoms with E-state index in [4.69, 9.17) is 5.26 Å². The molecular formula is C26H28N8O2. The number of carbonyl (C=O) groups is 2. The van der Waals surface area contributed by atoms with Crippen LogP contribution in [0.4, 0.5) is 11.6 Å². The van der Waals surface area contributed by atoms with E-state index in [0.29, 0.717) is 50.0 Å². The number of nitrogens with zero attached hydrogens (tertiary/aromatic N) is 7. The average molecular weight is 485 g/mol. The Balaban J connectivity index is 1.23. The number of hydrogen-bond donors (Lipinski definition) is 1. The maximum absolute atomic E-state index is 12.8. The molecule has 0 radical (unpaired) electrons. The largest absolute Gasteiger partial charge is 0.339 e. The van der Waals surface area contributed by atoms with Gasteiger partial charge in [0.25, 0.3) is 5.91 Å². The van der Waals surface area contributed by atoms with Gasteiger partial charge in [-0.2, -0.15) is 10.4 Å². The lowest BCUT2D eigenvalue weighted by Gasteiger charge is -2.34. The van der Waals surface area contributed by atoms with Gasteiger partial charge in [0.15, 0.2) is 0 Å². The highest BCUT2D eigenvalue weighted by Crippen LogP contribution is 2.41. The van der Waals surface area contributed by atoms with Gasteiger partial charge in [-0.15, -0.1) is 0 Å². The van der Waals surface area contributed by atoms with E-state index >= 15 is 0 Å². The Bertz CT molecular complexity index is 1280. The fraction of sp³-hybridized carbons (Fsp3) is 0.385. The van der Waals surface area contributed by atoms with Gasteiger partial charge in [-0.1, -0.05) is 0 Å². The topological polar surface area (TPSA) is 120 Å². The molecular weight excluding hydrogens is 456 g/mol. The third kappa shape index (κ3) is 5.20. The molecule has 3 heterocycles. The van der Waals surface area contributed by atoms with Crippen molar-refractivity contribution in [2.24, 2.45) is 5.92 Å². The van der Waals surface area contributed by atoms with Gasteiger partial charge in [0.1, 0.15) is 0 Å². The van der Waals surface area contributed by atoms with Crippen LogP contribution in [0.2, 0.25) is 0 Å². The van der Waals surface area contributed by atoms with Gasteiger partial charge in [-0.25, -0.2) is 9.97 Å². The van der Waals surface area contributed by atoms with Gasteiger partial charge in [0.05, 0.1) is 30.4 Å². The molecule has 1 aromatic carbocycles. The molecule has 1 saturated heterocycles. The zero-order valence-corrected chi connectivity index (χ0v) is 20.2. The number of aromatic nitrogens is 4. The summed E-state index contributed by atoms with van der Waals surface area (Å²) in [6.45, 7) is 3.75. The van der Waals surface area contributed by atoms with E-state index in [9.17, 15) is 9.59 Å². The van der Waals surface area contributed by atoms with Crippen LogP contribution in [0.15, 0.2) is 48.9 Å². The molecule has 2 aliphatic rings. The molecule has 10 nitrogen and oxygen atoms in total. The molecule has 0 spiro atoms. The summed E-state index contributed by atoms with van der Waals surface area (Å²) in [6, 6.07) is 11.4. The second kappa shape index (κ2) is 10.2. The third-order valence-corrected chi connectivity index (χ3v) is 6.76. The van der Waals surface area contributed by atoms with Crippen molar-refractivity contribution in [2.45, 2.75) is 32.2 Å². The molecule has 2 amide bonds. The first-order valence-corrected chi connectivity index (χ1v) is 12.2. The van der Waals surface area contributed by atoms with Gasteiger partial charge < -0.3 is 15.1 Å². The lowest BCUT2D eigenvalue weighted by atomic mass is 10.1. The fourth-order valence-corrected chi connectivity index (χ4v) is 4.51. The van der Waals surface area contributed by atoms with E-state index < -0.39 is 0 Å². The smallest absolute Gasteiger partial charge is 0.253 e. The van der Waals surface area contributed by atoms with Crippen LogP contribution in [0.25, 0.3) is 11.3 Å². The molecule has 184 valence electrons. The van der Waals surface area contributed by atoms with Gasteiger partial charge >= 0.3 is 0 Å². The summed E-state index contributed by atoms with van der Waals surface area (Å²) in [5, 5.41) is 16.9. The van der Waals surface area contributed by atoms with Gasteiger partial charge in [-0.3, -0.25) is 14.3 Å². The Labute approximate surface area is 209 Å². The zero-order valence-electron chi connectivity index (χ0n) is 20.2. The van der Waals surface area contributed by atoms with E-state index in [2.05, 4.69) is 26.5 Å². The Morgan fingerprint density at radius 1 is 1.11 bits per heavy atom. The first-order valence-electron chi connectivity index (χ1n) is 12.2. The molecule has 2 aromatic heterocycles. The number of nitrogens with one attached hydrogen (secondary N) is 1. The Hall–Kier alpha value is -4.26. The molecule has 1 N–H and O–H groups in total. The monoisotopic (exact) mass is 484 g/mol. The molecule has 1 atom stereocenters. The summed E-state index contributed by atoms with van der Waals surface area (Å²) in [6.07, 6.45) is 8.15. The highest BCUT2D eigenvalue weighted by molar-refractivity contribution is 5.94. The zero-order chi connectivity index (χ0) is 25.1. The number of amides is 2. The molecule has 36 heavy (non-hydrogen) atoms. The van der Waals surface area contributed by atoms with Crippen LogP contribution in [0.1, 0.15) is 42.6 Å². The van der Waals surface area contributed by atoms with Gasteiger partial charge in [0, 0.05) is 62.3 Å². The van der Waals surface area contributed by atoms with Crippen LogP contribution < -0.4 is 5.32 Å². The van der Waals surface area contributed by atoms with E-state index in [-0.39, 0.29) is 17.9 Å². The standard InChI is InChI=1S/C26H28N8O2/c1-18(35)32-12-14-33(15-13-32)25(36)20-4-6-22(7-5-20)30-26-28-11-9-23(31-26)21-16-29-34(17-21)24(8-10-27)19-2-3-19/h4-7,9,11,16-17,19,24H,2-3,8,12-15H2,1H3,(H,28,30,31). The van der Waals surface area contributed by atoms with Crippen molar-refractivity contribution in [3.63, 3.8) is 0 Å². The Kier molecular flexibility index (Phi) is 6.62. The molecule has 10 heteroatoms. The van der Waals surface area contributed by atoms with Crippen molar-refractivity contribution >= 4 is 23.5 Å². The molecule has 3 aromatic rings. The molecule has 5 rings (SSSR count). The molecule has 1 aliphatic heterocycles. The van der Waals surface area contributed by atoms with E-state index in [1.165, 1.54) is 0 Å². The Morgan fingerprint density at radius 2 is 1.83 bits per heavy atom. The van der Waals surface area contributed by atoms with Crippen LogP contribution in [-0.2, 0) is 4.79 Å². The molecule has 2 fully saturated rings. The summed E-state index contributed by atoms with van der Waals surface area (Å²) in [5.41, 5.74) is 2.97. The van der Waals surface area contributed by atoms with Gasteiger partial charge in [0.2, 0.25) is 11.9 Å². The van der Waals surface area contributed by atoms with E-state index in [0.717, 1.165) is 29.8 Å². The van der Waals surface area contributed by atoms with Crippen LogP contribution >= 0.6 is 0 Å². The number of nitriles is 1. The molecule has 1 aliphatic carbocycles.